The van der Waals surface area contributed by atoms with Gasteiger partial charge in [0.25, 0.3) is 0 Å². The van der Waals surface area contributed by atoms with E-state index in [1.807, 2.05) is 18.8 Å². The summed E-state index contributed by atoms with van der Waals surface area (Å²) >= 11 is 1.98. The summed E-state index contributed by atoms with van der Waals surface area (Å²) in [7, 11) is 2.01. The molecular formula is C15H25NS. The van der Waals surface area contributed by atoms with Gasteiger partial charge in [0.15, 0.2) is 0 Å². The fourth-order valence-corrected chi connectivity index (χ4v) is 2.66. The van der Waals surface area contributed by atoms with Gasteiger partial charge in [0, 0.05) is 10.9 Å². The molecule has 2 heteroatoms. The van der Waals surface area contributed by atoms with Crippen molar-refractivity contribution in [2.24, 2.45) is 5.92 Å². The molecule has 0 radical (unpaired) electrons. The molecule has 0 aliphatic heterocycles. The minimum Gasteiger partial charge on any atom is -0.313 e. The van der Waals surface area contributed by atoms with Crippen LogP contribution in [0.25, 0.3) is 0 Å². The summed E-state index contributed by atoms with van der Waals surface area (Å²) in [5.74, 6) is 2.06. The highest BCUT2D eigenvalue weighted by molar-refractivity contribution is 7.99. The molecule has 0 spiro atoms. The van der Waals surface area contributed by atoms with Crippen molar-refractivity contribution in [3.8, 4) is 0 Å². The molecule has 1 aromatic carbocycles. The Morgan fingerprint density at radius 3 is 2.65 bits per heavy atom. The van der Waals surface area contributed by atoms with Crippen LogP contribution in [-0.2, 0) is 0 Å². The first-order chi connectivity index (χ1) is 8.13. The lowest BCUT2D eigenvalue weighted by Crippen LogP contribution is -2.12. The van der Waals surface area contributed by atoms with Crippen molar-refractivity contribution >= 4 is 11.8 Å². The number of hydrogen-bond acceptors (Lipinski definition) is 2. The molecule has 17 heavy (non-hydrogen) atoms. The van der Waals surface area contributed by atoms with Crippen LogP contribution in [0, 0.1) is 5.92 Å². The third-order valence-corrected chi connectivity index (χ3v) is 4.07. The van der Waals surface area contributed by atoms with Crippen molar-refractivity contribution in [3.63, 3.8) is 0 Å². The minimum atomic E-state index is 0.436. The van der Waals surface area contributed by atoms with Crippen LogP contribution in [0.3, 0.4) is 0 Å². The summed E-state index contributed by atoms with van der Waals surface area (Å²) in [6.07, 6.45) is 2.65. The lowest BCUT2D eigenvalue weighted by molar-refractivity contribution is 0.579. The Morgan fingerprint density at radius 1 is 1.24 bits per heavy atom. The number of nitrogens with one attached hydrogen (secondary N) is 1. The average Bonchev–Trinajstić information content (AvgIpc) is 2.34. The first kappa shape index (κ1) is 14.6. The lowest BCUT2D eigenvalue weighted by atomic mass is 10.1. The van der Waals surface area contributed by atoms with Gasteiger partial charge in [-0.15, -0.1) is 11.8 Å². The molecule has 1 unspecified atom stereocenters. The average molecular weight is 251 g/mol. The highest BCUT2D eigenvalue weighted by Gasteiger charge is 2.03. The summed E-state index contributed by atoms with van der Waals surface area (Å²) < 4.78 is 0. The van der Waals surface area contributed by atoms with Gasteiger partial charge >= 0.3 is 0 Å². The second kappa shape index (κ2) is 7.78. The Labute approximate surface area is 110 Å². The van der Waals surface area contributed by atoms with Crippen LogP contribution in [0.5, 0.6) is 0 Å². The predicted molar refractivity (Wildman–Crippen MR) is 78.7 cm³/mol. The van der Waals surface area contributed by atoms with Gasteiger partial charge in [-0.1, -0.05) is 32.4 Å². The third-order valence-electron chi connectivity index (χ3n) is 2.99. The van der Waals surface area contributed by atoms with Crippen LogP contribution in [0.1, 0.15) is 45.2 Å². The van der Waals surface area contributed by atoms with Crippen molar-refractivity contribution in [3.05, 3.63) is 29.8 Å². The highest BCUT2D eigenvalue weighted by Crippen LogP contribution is 2.23. The smallest absolute Gasteiger partial charge is 0.0289 e. The monoisotopic (exact) mass is 251 g/mol. The van der Waals surface area contributed by atoms with E-state index in [-0.39, 0.29) is 0 Å². The number of thioether (sulfide) groups is 1. The van der Waals surface area contributed by atoms with Crippen molar-refractivity contribution in [2.75, 3.05) is 12.8 Å². The van der Waals surface area contributed by atoms with E-state index >= 15 is 0 Å². The third kappa shape index (κ3) is 5.60. The number of benzene rings is 1. The van der Waals surface area contributed by atoms with E-state index in [0.717, 1.165) is 5.92 Å². The molecule has 0 saturated heterocycles. The Morgan fingerprint density at radius 2 is 2.00 bits per heavy atom. The van der Waals surface area contributed by atoms with E-state index in [4.69, 9.17) is 0 Å². The predicted octanol–water partition coefficient (Wildman–Crippen LogP) is 4.50. The maximum Gasteiger partial charge on any atom is 0.0289 e. The summed E-state index contributed by atoms with van der Waals surface area (Å²) in [4.78, 5) is 1.40. The van der Waals surface area contributed by atoms with Gasteiger partial charge < -0.3 is 5.32 Å². The summed E-state index contributed by atoms with van der Waals surface area (Å²) in [5.41, 5.74) is 1.38. The number of hydrogen-bond donors (Lipinski definition) is 1. The normalized spacial score (nSPS) is 13.0. The molecule has 0 amide bonds. The molecule has 0 bridgehead atoms. The van der Waals surface area contributed by atoms with E-state index in [9.17, 15) is 0 Å². The maximum atomic E-state index is 3.28. The summed E-state index contributed by atoms with van der Waals surface area (Å²) in [6, 6.07) is 9.31. The Bertz CT molecular complexity index is 322. The van der Waals surface area contributed by atoms with Crippen LogP contribution >= 0.6 is 11.8 Å². The topological polar surface area (TPSA) is 12.0 Å². The van der Waals surface area contributed by atoms with Gasteiger partial charge in [-0.05, 0) is 49.8 Å². The molecule has 0 saturated carbocycles. The SMILES string of the molecule is CNC(C)c1cccc(SCCCC(C)C)c1. The highest BCUT2D eigenvalue weighted by atomic mass is 32.2. The molecule has 1 rings (SSSR count). The Kier molecular flexibility index (Phi) is 6.68. The second-order valence-corrected chi connectivity index (χ2v) is 6.14. The minimum absolute atomic E-state index is 0.436. The summed E-state index contributed by atoms with van der Waals surface area (Å²) in [6.45, 7) is 6.78. The lowest BCUT2D eigenvalue weighted by Gasteiger charge is -2.12. The van der Waals surface area contributed by atoms with Crippen molar-refractivity contribution in [1.82, 2.24) is 5.32 Å². The molecule has 1 aromatic rings. The molecule has 1 nitrogen and oxygen atoms in total. The largest absolute Gasteiger partial charge is 0.313 e. The fourth-order valence-electron chi connectivity index (χ4n) is 1.72. The molecule has 96 valence electrons. The molecule has 0 fully saturated rings. The fraction of sp³-hybridized carbons (Fsp3) is 0.600. The van der Waals surface area contributed by atoms with Gasteiger partial charge in [0.2, 0.25) is 0 Å². The van der Waals surface area contributed by atoms with E-state index in [1.54, 1.807) is 0 Å². The standard InChI is InChI=1S/C15H25NS/c1-12(2)7-6-10-17-15-9-5-8-14(11-15)13(3)16-4/h5,8-9,11-13,16H,6-7,10H2,1-4H3. The summed E-state index contributed by atoms with van der Waals surface area (Å²) in [5, 5.41) is 3.28. The first-order valence-corrected chi connectivity index (χ1v) is 7.52. The van der Waals surface area contributed by atoms with Gasteiger partial charge in [0.05, 0.1) is 0 Å². The van der Waals surface area contributed by atoms with Crippen molar-refractivity contribution < 1.29 is 0 Å². The van der Waals surface area contributed by atoms with Crippen LogP contribution in [0.15, 0.2) is 29.2 Å². The van der Waals surface area contributed by atoms with Gasteiger partial charge in [-0.2, -0.15) is 0 Å². The van der Waals surface area contributed by atoms with Crippen LogP contribution in [0.4, 0.5) is 0 Å². The first-order valence-electron chi connectivity index (χ1n) is 6.53. The maximum absolute atomic E-state index is 3.28. The van der Waals surface area contributed by atoms with Gasteiger partial charge in [-0.3, -0.25) is 0 Å². The van der Waals surface area contributed by atoms with Crippen molar-refractivity contribution in [2.45, 2.75) is 44.6 Å². The van der Waals surface area contributed by atoms with E-state index in [2.05, 4.69) is 50.4 Å². The zero-order chi connectivity index (χ0) is 12.7. The van der Waals surface area contributed by atoms with Gasteiger partial charge in [0.1, 0.15) is 0 Å². The van der Waals surface area contributed by atoms with Gasteiger partial charge in [-0.25, -0.2) is 0 Å². The molecule has 0 aromatic heterocycles. The van der Waals surface area contributed by atoms with Crippen LogP contribution < -0.4 is 5.32 Å². The zero-order valence-electron chi connectivity index (χ0n) is 11.5. The Hall–Kier alpha value is -0.470. The molecule has 1 atom stereocenters. The second-order valence-electron chi connectivity index (χ2n) is 4.97. The van der Waals surface area contributed by atoms with Crippen molar-refractivity contribution in [1.29, 1.82) is 0 Å². The van der Waals surface area contributed by atoms with Crippen LogP contribution in [-0.4, -0.2) is 12.8 Å². The van der Waals surface area contributed by atoms with E-state index in [1.165, 1.54) is 29.1 Å². The molecule has 1 N–H and O–H groups in total. The van der Waals surface area contributed by atoms with E-state index < -0.39 is 0 Å². The molecule has 0 aliphatic rings. The van der Waals surface area contributed by atoms with E-state index in [0.29, 0.717) is 6.04 Å². The van der Waals surface area contributed by atoms with Crippen LogP contribution in [0.2, 0.25) is 0 Å². The quantitative estimate of drug-likeness (QED) is 0.566. The molecular weight excluding hydrogens is 226 g/mol. The Balaban J connectivity index is 2.43. The zero-order valence-corrected chi connectivity index (χ0v) is 12.3. The number of rotatable bonds is 7. The molecule has 0 heterocycles. The molecule has 0 aliphatic carbocycles.